The highest BCUT2D eigenvalue weighted by Gasteiger charge is 2.48. The fourth-order valence-corrected chi connectivity index (χ4v) is 3.47. The zero-order chi connectivity index (χ0) is 15.2. The van der Waals surface area contributed by atoms with E-state index in [1.807, 2.05) is 34.6 Å². The maximum Gasteiger partial charge on any atom is 0.410 e. The highest BCUT2D eigenvalue weighted by atomic mass is 16.6. The van der Waals surface area contributed by atoms with Gasteiger partial charge in [-0.25, -0.2) is 4.79 Å². The Hall–Kier alpha value is -0.810. The molecule has 2 unspecified atom stereocenters. The fourth-order valence-electron chi connectivity index (χ4n) is 3.47. The van der Waals surface area contributed by atoms with Crippen LogP contribution in [0.2, 0.25) is 0 Å². The second-order valence-electron chi connectivity index (χ2n) is 8.01. The molecule has 2 saturated heterocycles. The lowest BCUT2D eigenvalue weighted by Crippen LogP contribution is -2.62. The molecule has 5 nitrogen and oxygen atoms in total. The quantitative estimate of drug-likeness (QED) is 0.813. The van der Waals surface area contributed by atoms with Crippen LogP contribution in [0.4, 0.5) is 4.79 Å². The van der Waals surface area contributed by atoms with E-state index in [1.54, 1.807) is 4.90 Å². The van der Waals surface area contributed by atoms with Crippen molar-refractivity contribution >= 4 is 6.09 Å². The number of rotatable bonds is 2. The van der Waals surface area contributed by atoms with Gasteiger partial charge in [0, 0.05) is 24.7 Å². The number of nitrogens with one attached hydrogen (secondary N) is 1. The number of amides is 1. The largest absolute Gasteiger partial charge is 0.444 e. The molecule has 2 bridgehead atoms. The molecule has 0 aromatic carbocycles. The molecule has 0 spiro atoms. The molecule has 2 heterocycles. The third-order valence-corrected chi connectivity index (χ3v) is 3.84. The van der Waals surface area contributed by atoms with E-state index in [-0.39, 0.29) is 11.6 Å². The second kappa shape index (κ2) is 4.88. The predicted molar refractivity (Wildman–Crippen MR) is 77.6 cm³/mol. The van der Waals surface area contributed by atoms with Crippen LogP contribution in [0.1, 0.15) is 53.9 Å². The molecule has 116 valence electrons. The van der Waals surface area contributed by atoms with Crippen LogP contribution in [-0.4, -0.2) is 52.0 Å². The molecular weight excluding hydrogens is 256 g/mol. The average molecular weight is 284 g/mol. The summed E-state index contributed by atoms with van der Waals surface area (Å²) in [6.07, 6.45) is 2.46. The SMILES string of the molecule is CC(C)(O)CC12CCC(CN(C(=O)OC(C)(C)C)C1)N2. The van der Waals surface area contributed by atoms with Crippen LogP contribution in [0.3, 0.4) is 0 Å². The van der Waals surface area contributed by atoms with Gasteiger partial charge in [-0.15, -0.1) is 0 Å². The summed E-state index contributed by atoms with van der Waals surface area (Å²) in [4.78, 5) is 14.1. The number of carbonyl (C=O) groups is 1. The van der Waals surface area contributed by atoms with E-state index in [2.05, 4.69) is 5.32 Å². The lowest BCUT2D eigenvalue weighted by Gasteiger charge is -2.43. The number of nitrogens with zero attached hydrogens (tertiary/aromatic N) is 1. The first-order valence-electron chi connectivity index (χ1n) is 7.46. The topological polar surface area (TPSA) is 61.8 Å². The molecule has 0 radical (unpaired) electrons. The summed E-state index contributed by atoms with van der Waals surface area (Å²) >= 11 is 0. The molecule has 2 aliphatic heterocycles. The Bertz CT molecular complexity index is 384. The zero-order valence-corrected chi connectivity index (χ0v) is 13.3. The molecule has 2 N–H and O–H groups in total. The Morgan fingerprint density at radius 1 is 1.40 bits per heavy atom. The first-order chi connectivity index (χ1) is 8.98. The van der Waals surface area contributed by atoms with E-state index in [1.165, 1.54) is 0 Å². The number of hydrogen-bond donors (Lipinski definition) is 2. The van der Waals surface area contributed by atoms with Gasteiger partial charge in [0.15, 0.2) is 0 Å². The molecule has 2 rings (SSSR count). The minimum Gasteiger partial charge on any atom is -0.444 e. The van der Waals surface area contributed by atoms with Gasteiger partial charge in [-0.1, -0.05) is 0 Å². The number of ether oxygens (including phenoxy) is 1. The number of piperazine rings is 1. The van der Waals surface area contributed by atoms with E-state index < -0.39 is 11.2 Å². The molecule has 2 atom stereocenters. The Labute approximate surface area is 121 Å². The van der Waals surface area contributed by atoms with Crippen LogP contribution in [0.25, 0.3) is 0 Å². The van der Waals surface area contributed by atoms with Crippen molar-refractivity contribution in [1.82, 2.24) is 10.2 Å². The molecule has 1 amide bonds. The highest BCUT2D eigenvalue weighted by Crippen LogP contribution is 2.36. The summed E-state index contributed by atoms with van der Waals surface area (Å²) in [6.45, 7) is 10.6. The van der Waals surface area contributed by atoms with Crippen molar-refractivity contribution < 1.29 is 14.6 Å². The standard InChI is InChI=1S/C15H28N2O3/c1-13(2,3)20-12(18)17-8-11-6-7-15(10-17,16-11)9-14(4,5)19/h11,16,19H,6-10H2,1-5H3. The van der Waals surface area contributed by atoms with Gasteiger partial charge >= 0.3 is 6.09 Å². The summed E-state index contributed by atoms with van der Waals surface area (Å²) in [5.41, 5.74) is -1.37. The molecule has 0 aromatic rings. The third kappa shape index (κ3) is 3.85. The van der Waals surface area contributed by atoms with Crippen molar-refractivity contribution in [3.63, 3.8) is 0 Å². The number of fused-ring (bicyclic) bond motifs is 2. The van der Waals surface area contributed by atoms with E-state index in [9.17, 15) is 9.90 Å². The molecular formula is C15H28N2O3. The minimum atomic E-state index is -0.737. The van der Waals surface area contributed by atoms with Crippen molar-refractivity contribution in [2.24, 2.45) is 0 Å². The van der Waals surface area contributed by atoms with Gasteiger partial charge in [-0.3, -0.25) is 0 Å². The third-order valence-electron chi connectivity index (χ3n) is 3.84. The summed E-state index contributed by atoms with van der Waals surface area (Å²) in [6, 6.07) is 0.318. The normalized spacial score (nSPS) is 30.5. The summed E-state index contributed by atoms with van der Waals surface area (Å²) in [5.74, 6) is 0. The molecule has 0 aromatic heterocycles. The van der Waals surface area contributed by atoms with Crippen LogP contribution < -0.4 is 5.32 Å². The fraction of sp³-hybridized carbons (Fsp3) is 0.933. The van der Waals surface area contributed by atoms with Crippen LogP contribution in [-0.2, 0) is 4.74 Å². The molecule has 0 saturated carbocycles. The summed E-state index contributed by atoms with van der Waals surface area (Å²) in [5, 5.41) is 13.7. The number of aliphatic hydroxyl groups is 1. The minimum absolute atomic E-state index is 0.169. The highest BCUT2D eigenvalue weighted by molar-refractivity contribution is 5.68. The number of carbonyl (C=O) groups excluding carboxylic acids is 1. The number of likely N-dealkylation sites (tertiary alicyclic amines) is 1. The predicted octanol–water partition coefficient (Wildman–Crippen LogP) is 1.89. The molecule has 20 heavy (non-hydrogen) atoms. The Balaban J connectivity index is 2.06. The monoisotopic (exact) mass is 284 g/mol. The van der Waals surface area contributed by atoms with E-state index in [4.69, 9.17) is 4.74 Å². The average Bonchev–Trinajstić information content (AvgIpc) is 2.48. The molecule has 5 heteroatoms. The van der Waals surface area contributed by atoms with Crippen LogP contribution in [0, 0.1) is 0 Å². The van der Waals surface area contributed by atoms with Gasteiger partial charge in [0.2, 0.25) is 0 Å². The lowest BCUT2D eigenvalue weighted by atomic mass is 9.84. The van der Waals surface area contributed by atoms with Crippen molar-refractivity contribution in [1.29, 1.82) is 0 Å². The molecule has 2 fully saturated rings. The smallest absolute Gasteiger partial charge is 0.410 e. The number of hydrogen-bond acceptors (Lipinski definition) is 4. The van der Waals surface area contributed by atoms with Gasteiger partial charge in [0.05, 0.1) is 5.60 Å². The maximum atomic E-state index is 12.3. The van der Waals surface area contributed by atoms with Crippen LogP contribution in [0.5, 0.6) is 0 Å². The Morgan fingerprint density at radius 3 is 2.60 bits per heavy atom. The van der Waals surface area contributed by atoms with E-state index in [0.717, 1.165) is 12.8 Å². The Morgan fingerprint density at radius 2 is 2.05 bits per heavy atom. The summed E-state index contributed by atoms with van der Waals surface area (Å²) < 4.78 is 5.47. The first kappa shape index (κ1) is 15.6. The zero-order valence-electron chi connectivity index (χ0n) is 13.3. The van der Waals surface area contributed by atoms with Gasteiger partial charge < -0.3 is 20.1 Å². The van der Waals surface area contributed by atoms with Crippen molar-refractivity contribution in [3.8, 4) is 0 Å². The first-order valence-corrected chi connectivity index (χ1v) is 7.46. The van der Waals surface area contributed by atoms with Crippen LogP contribution >= 0.6 is 0 Å². The summed E-state index contributed by atoms with van der Waals surface area (Å²) in [7, 11) is 0. The van der Waals surface area contributed by atoms with Crippen molar-refractivity contribution in [2.45, 2.75) is 76.7 Å². The van der Waals surface area contributed by atoms with Gasteiger partial charge in [0.1, 0.15) is 5.60 Å². The van der Waals surface area contributed by atoms with E-state index >= 15 is 0 Å². The molecule has 2 aliphatic rings. The van der Waals surface area contributed by atoms with Gasteiger partial charge in [-0.05, 0) is 53.9 Å². The van der Waals surface area contributed by atoms with Crippen molar-refractivity contribution in [3.05, 3.63) is 0 Å². The van der Waals surface area contributed by atoms with E-state index in [0.29, 0.717) is 25.6 Å². The van der Waals surface area contributed by atoms with Crippen LogP contribution in [0.15, 0.2) is 0 Å². The maximum absolute atomic E-state index is 12.3. The van der Waals surface area contributed by atoms with Gasteiger partial charge in [0.25, 0.3) is 0 Å². The lowest BCUT2D eigenvalue weighted by molar-refractivity contribution is -0.00506. The Kier molecular flexibility index (Phi) is 3.80. The second-order valence-corrected chi connectivity index (χ2v) is 8.01. The molecule has 0 aliphatic carbocycles. The van der Waals surface area contributed by atoms with Crippen molar-refractivity contribution in [2.75, 3.05) is 13.1 Å². The van der Waals surface area contributed by atoms with Gasteiger partial charge in [-0.2, -0.15) is 0 Å².